The first-order valence-corrected chi connectivity index (χ1v) is 9.52. The van der Waals surface area contributed by atoms with E-state index >= 15 is 0 Å². The molecule has 0 fully saturated rings. The number of carbonyl (C=O) groups excluding carboxylic acids is 1. The number of ether oxygens (including phenoxy) is 2. The normalized spacial score (nSPS) is 11.2. The molecule has 0 saturated heterocycles. The van der Waals surface area contributed by atoms with Crippen molar-refractivity contribution in [2.24, 2.45) is 0 Å². The highest BCUT2D eigenvalue weighted by Crippen LogP contribution is 2.37. The van der Waals surface area contributed by atoms with Crippen LogP contribution in [-0.2, 0) is 11.3 Å². The molecule has 3 rings (SSSR count). The van der Waals surface area contributed by atoms with Gasteiger partial charge < -0.3 is 9.47 Å². The number of nitrogens with zero attached hydrogens (tertiary/aromatic N) is 1. The highest BCUT2D eigenvalue weighted by molar-refractivity contribution is 5.99. The number of nitrogens with one attached hydrogen (secondary N) is 1. The first-order valence-electron chi connectivity index (χ1n) is 9.52. The fourth-order valence-electron chi connectivity index (χ4n) is 3.04. The summed E-state index contributed by atoms with van der Waals surface area (Å²) in [5, 5.41) is 15.4. The number of hydrogen-bond donors (Lipinski definition) is 1. The van der Waals surface area contributed by atoms with Gasteiger partial charge in [-0.2, -0.15) is 0 Å². The minimum atomic E-state index is -0.637. The minimum Gasteiger partial charge on any atom is -0.488 e. The Balaban J connectivity index is 2.02. The molecule has 0 unspecified atom stereocenters. The van der Waals surface area contributed by atoms with Gasteiger partial charge in [-0.25, -0.2) is 4.79 Å². The van der Waals surface area contributed by atoms with Crippen LogP contribution in [0.5, 0.6) is 5.75 Å². The van der Waals surface area contributed by atoms with Crippen LogP contribution < -0.4 is 10.1 Å². The maximum Gasteiger partial charge on any atom is 0.412 e. The Hall–Kier alpha value is -3.61. The van der Waals surface area contributed by atoms with Gasteiger partial charge in [-0.3, -0.25) is 15.4 Å². The minimum absolute atomic E-state index is 0.0284. The van der Waals surface area contributed by atoms with Gasteiger partial charge in [0.1, 0.15) is 18.0 Å². The molecule has 0 aliphatic rings. The van der Waals surface area contributed by atoms with E-state index in [1.54, 1.807) is 32.9 Å². The Morgan fingerprint density at radius 2 is 1.77 bits per heavy atom. The Labute approximate surface area is 174 Å². The SMILES string of the molecule is Cc1c(NC(=O)OC(C)(C)C)cc(OCc2ccccc2)c2cc([N+](=O)[O-])ccc12. The molecule has 0 bridgehead atoms. The van der Waals surface area contributed by atoms with Crippen LogP contribution in [0.2, 0.25) is 0 Å². The van der Waals surface area contributed by atoms with E-state index in [1.165, 1.54) is 12.1 Å². The zero-order valence-corrected chi connectivity index (χ0v) is 17.4. The molecular formula is C23H24N2O5. The van der Waals surface area contributed by atoms with E-state index in [9.17, 15) is 14.9 Å². The van der Waals surface area contributed by atoms with Gasteiger partial charge in [-0.05, 0) is 50.3 Å². The summed E-state index contributed by atoms with van der Waals surface area (Å²) < 4.78 is 11.4. The Kier molecular flexibility index (Phi) is 5.91. The van der Waals surface area contributed by atoms with E-state index in [0.29, 0.717) is 16.8 Å². The number of nitro groups is 1. The monoisotopic (exact) mass is 408 g/mol. The smallest absolute Gasteiger partial charge is 0.412 e. The zero-order valence-electron chi connectivity index (χ0n) is 17.4. The van der Waals surface area contributed by atoms with E-state index in [1.807, 2.05) is 37.3 Å². The lowest BCUT2D eigenvalue weighted by Crippen LogP contribution is -2.27. The Morgan fingerprint density at radius 3 is 2.40 bits per heavy atom. The second-order valence-corrected chi connectivity index (χ2v) is 7.94. The molecule has 1 amide bonds. The predicted molar refractivity (Wildman–Crippen MR) is 116 cm³/mol. The van der Waals surface area contributed by atoms with Gasteiger partial charge in [0.15, 0.2) is 0 Å². The van der Waals surface area contributed by atoms with Crippen LogP contribution in [0.1, 0.15) is 31.9 Å². The van der Waals surface area contributed by atoms with E-state index in [2.05, 4.69) is 5.32 Å². The molecule has 7 nitrogen and oxygen atoms in total. The van der Waals surface area contributed by atoms with Gasteiger partial charge in [0.2, 0.25) is 0 Å². The van der Waals surface area contributed by atoms with Crippen LogP contribution >= 0.6 is 0 Å². The number of carbonyl (C=O) groups is 1. The molecule has 0 atom stereocenters. The number of hydrogen-bond acceptors (Lipinski definition) is 5. The number of nitro benzene ring substituents is 1. The summed E-state index contributed by atoms with van der Waals surface area (Å²) in [5.74, 6) is 0.439. The fraction of sp³-hybridized carbons (Fsp3) is 0.261. The van der Waals surface area contributed by atoms with Gasteiger partial charge in [0, 0.05) is 23.6 Å². The fourth-order valence-corrected chi connectivity index (χ4v) is 3.04. The molecule has 30 heavy (non-hydrogen) atoms. The van der Waals surface area contributed by atoms with Crippen LogP contribution in [0.25, 0.3) is 10.8 Å². The zero-order chi connectivity index (χ0) is 21.9. The lowest BCUT2D eigenvalue weighted by molar-refractivity contribution is -0.384. The van der Waals surface area contributed by atoms with Crippen molar-refractivity contribution >= 4 is 28.2 Å². The van der Waals surface area contributed by atoms with Crippen LogP contribution in [0.15, 0.2) is 54.6 Å². The molecule has 156 valence electrons. The second kappa shape index (κ2) is 8.41. The molecule has 0 heterocycles. The number of rotatable bonds is 5. The van der Waals surface area contributed by atoms with Gasteiger partial charge in [0.05, 0.1) is 10.6 Å². The molecule has 0 saturated carbocycles. The van der Waals surface area contributed by atoms with Crippen molar-refractivity contribution in [3.8, 4) is 5.75 Å². The molecule has 0 aliphatic carbocycles. The standard InChI is InChI=1S/C23H24N2O5/c1-15-18-11-10-17(25(27)28)12-19(18)21(29-14-16-8-6-5-7-9-16)13-20(15)24-22(26)30-23(2,3)4/h5-13H,14H2,1-4H3,(H,24,26). The summed E-state index contributed by atoms with van der Waals surface area (Å²) in [4.78, 5) is 23.1. The summed E-state index contributed by atoms with van der Waals surface area (Å²) in [6.45, 7) is 7.48. The maximum absolute atomic E-state index is 12.3. The second-order valence-electron chi connectivity index (χ2n) is 7.94. The average Bonchev–Trinajstić information content (AvgIpc) is 2.68. The van der Waals surface area contributed by atoms with Gasteiger partial charge in [-0.15, -0.1) is 0 Å². The molecule has 0 radical (unpaired) electrons. The molecule has 0 spiro atoms. The van der Waals surface area contributed by atoms with Crippen LogP contribution in [0, 0.1) is 17.0 Å². The molecule has 3 aromatic rings. The van der Waals surface area contributed by atoms with Gasteiger partial charge in [-0.1, -0.05) is 30.3 Å². The van der Waals surface area contributed by atoms with E-state index in [0.717, 1.165) is 16.5 Å². The first-order chi connectivity index (χ1) is 14.1. The molecular weight excluding hydrogens is 384 g/mol. The van der Waals surface area contributed by atoms with Crippen LogP contribution in [0.3, 0.4) is 0 Å². The number of aryl methyl sites for hydroxylation is 1. The summed E-state index contributed by atoms with van der Waals surface area (Å²) in [7, 11) is 0. The average molecular weight is 408 g/mol. The number of non-ortho nitro benzene ring substituents is 1. The molecule has 0 aromatic heterocycles. The highest BCUT2D eigenvalue weighted by Gasteiger charge is 2.19. The van der Waals surface area contributed by atoms with Crippen molar-refractivity contribution in [3.63, 3.8) is 0 Å². The summed E-state index contributed by atoms with van der Waals surface area (Å²) >= 11 is 0. The van der Waals surface area contributed by atoms with Gasteiger partial charge >= 0.3 is 6.09 Å². The number of amides is 1. The maximum atomic E-state index is 12.3. The molecule has 3 aromatic carbocycles. The van der Waals surface area contributed by atoms with Crippen molar-refractivity contribution in [1.29, 1.82) is 0 Å². The van der Waals surface area contributed by atoms with Crippen LogP contribution in [-0.4, -0.2) is 16.6 Å². The van der Waals surface area contributed by atoms with Crippen molar-refractivity contribution in [2.45, 2.75) is 39.9 Å². The lowest BCUT2D eigenvalue weighted by atomic mass is 10.0. The van der Waals surface area contributed by atoms with Crippen molar-refractivity contribution in [3.05, 3.63) is 75.8 Å². The van der Waals surface area contributed by atoms with E-state index in [-0.39, 0.29) is 12.3 Å². The van der Waals surface area contributed by atoms with E-state index in [4.69, 9.17) is 9.47 Å². The molecule has 7 heteroatoms. The number of anilines is 1. The quantitative estimate of drug-likeness (QED) is 0.414. The van der Waals surface area contributed by atoms with Gasteiger partial charge in [0.25, 0.3) is 5.69 Å². The third-order valence-corrected chi connectivity index (χ3v) is 4.44. The number of benzene rings is 3. The predicted octanol–water partition coefficient (Wildman–Crippen LogP) is 5.98. The van der Waals surface area contributed by atoms with Crippen molar-refractivity contribution in [1.82, 2.24) is 0 Å². The summed E-state index contributed by atoms with van der Waals surface area (Å²) in [5.41, 5.74) is 1.58. The summed E-state index contributed by atoms with van der Waals surface area (Å²) in [6, 6.07) is 15.9. The molecule has 0 aliphatic heterocycles. The van der Waals surface area contributed by atoms with Crippen molar-refractivity contribution < 1.29 is 19.2 Å². The number of fused-ring (bicyclic) bond motifs is 1. The third kappa shape index (κ3) is 5.05. The first kappa shape index (κ1) is 21.1. The van der Waals surface area contributed by atoms with E-state index < -0.39 is 16.6 Å². The third-order valence-electron chi connectivity index (χ3n) is 4.44. The van der Waals surface area contributed by atoms with Crippen molar-refractivity contribution in [2.75, 3.05) is 5.32 Å². The largest absolute Gasteiger partial charge is 0.488 e. The highest BCUT2D eigenvalue weighted by atomic mass is 16.6. The van der Waals surface area contributed by atoms with Crippen LogP contribution in [0.4, 0.5) is 16.2 Å². The topological polar surface area (TPSA) is 90.7 Å². The summed E-state index contributed by atoms with van der Waals surface area (Å²) in [6.07, 6.45) is -0.583. The molecule has 1 N–H and O–H groups in total. The Bertz CT molecular complexity index is 1090. The lowest BCUT2D eigenvalue weighted by Gasteiger charge is -2.21. The Morgan fingerprint density at radius 1 is 1.07 bits per heavy atom.